The Kier molecular flexibility index (Phi) is 6.27. The predicted molar refractivity (Wildman–Crippen MR) is 92.1 cm³/mol. The van der Waals surface area contributed by atoms with Gasteiger partial charge in [0.15, 0.2) is 5.96 Å². The zero-order valence-corrected chi connectivity index (χ0v) is 15.3. The van der Waals surface area contributed by atoms with Crippen molar-refractivity contribution in [2.75, 3.05) is 45.1 Å². The van der Waals surface area contributed by atoms with E-state index in [0.29, 0.717) is 0 Å². The highest BCUT2D eigenvalue weighted by molar-refractivity contribution is 7.89. The average molecular weight is 346 g/mol. The number of nitrogens with zero attached hydrogens (tertiary/aromatic N) is 2. The molecule has 2 N–H and O–H groups in total. The maximum atomic E-state index is 11.9. The third kappa shape index (κ3) is 5.32. The molecule has 2 aliphatic rings. The van der Waals surface area contributed by atoms with E-state index in [1.54, 1.807) is 0 Å². The number of rotatable bonds is 6. The average Bonchev–Trinajstić information content (AvgIpc) is 3.07. The first-order chi connectivity index (χ1) is 10.9. The van der Waals surface area contributed by atoms with Crippen molar-refractivity contribution in [2.45, 2.75) is 39.7 Å². The molecule has 1 atom stereocenters. The van der Waals surface area contributed by atoms with Crippen molar-refractivity contribution in [3.8, 4) is 0 Å². The minimum absolute atomic E-state index is 0.0160. The van der Waals surface area contributed by atoms with Crippen LogP contribution in [0.15, 0.2) is 4.99 Å². The fourth-order valence-electron chi connectivity index (χ4n) is 3.20. The van der Waals surface area contributed by atoms with Crippen LogP contribution in [0.2, 0.25) is 0 Å². The Labute approximate surface area is 139 Å². The van der Waals surface area contributed by atoms with Crippen LogP contribution < -0.4 is 10.0 Å². The second kappa shape index (κ2) is 7.81. The number of aliphatic imine (C=N–C) groups is 1. The minimum atomic E-state index is -3.26. The zero-order chi connectivity index (χ0) is 16.9. The van der Waals surface area contributed by atoms with Crippen molar-refractivity contribution in [1.29, 1.82) is 0 Å². The fraction of sp³-hybridized carbons (Fsp3) is 0.933. The second-order valence-corrected chi connectivity index (χ2v) is 8.67. The summed E-state index contributed by atoms with van der Waals surface area (Å²) >= 11 is 0. The molecule has 0 bridgehead atoms. The monoisotopic (exact) mass is 346 g/mol. The Morgan fingerprint density at radius 3 is 2.78 bits per heavy atom. The molecule has 2 saturated heterocycles. The van der Waals surface area contributed by atoms with Gasteiger partial charge in [-0.25, -0.2) is 13.1 Å². The maximum absolute atomic E-state index is 11.9. The summed E-state index contributed by atoms with van der Waals surface area (Å²) in [7, 11) is -3.26. The van der Waals surface area contributed by atoms with Crippen molar-refractivity contribution in [2.24, 2.45) is 10.4 Å². The highest BCUT2D eigenvalue weighted by Crippen LogP contribution is 2.38. The van der Waals surface area contributed by atoms with E-state index in [0.717, 1.165) is 51.6 Å². The molecule has 23 heavy (non-hydrogen) atoms. The Morgan fingerprint density at radius 1 is 1.39 bits per heavy atom. The van der Waals surface area contributed by atoms with Gasteiger partial charge in [0.25, 0.3) is 0 Å². The van der Waals surface area contributed by atoms with Crippen LogP contribution in [0.5, 0.6) is 0 Å². The maximum Gasteiger partial charge on any atom is 0.213 e. The van der Waals surface area contributed by atoms with Gasteiger partial charge >= 0.3 is 0 Å². The van der Waals surface area contributed by atoms with Crippen LogP contribution in [-0.4, -0.2) is 70.5 Å². The van der Waals surface area contributed by atoms with Crippen LogP contribution in [0.25, 0.3) is 0 Å². The SMILES string of the molecule is CCNC(=NCCS(=O)(=O)NC(C)C)N1CCC2(CCOC2)C1. The van der Waals surface area contributed by atoms with Gasteiger partial charge in [-0.05, 0) is 33.6 Å². The largest absolute Gasteiger partial charge is 0.381 e. The van der Waals surface area contributed by atoms with Crippen LogP contribution in [0.1, 0.15) is 33.6 Å². The molecule has 0 aromatic carbocycles. The number of hydrogen-bond donors (Lipinski definition) is 2. The lowest BCUT2D eigenvalue weighted by Crippen LogP contribution is -2.42. The second-order valence-electron chi connectivity index (χ2n) is 6.80. The molecule has 1 spiro atoms. The first-order valence-corrected chi connectivity index (χ1v) is 10.1. The first-order valence-electron chi connectivity index (χ1n) is 8.47. The van der Waals surface area contributed by atoms with Gasteiger partial charge in [-0.3, -0.25) is 4.99 Å². The quantitative estimate of drug-likeness (QED) is 0.537. The summed E-state index contributed by atoms with van der Waals surface area (Å²) in [5.41, 5.74) is 0.265. The summed E-state index contributed by atoms with van der Waals surface area (Å²) in [6.45, 7) is 10.3. The van der Waals surface area contributed by atoms with Crippen molar-refractivity contribution >= 4 is 16.0 Å². The third-order valence-corrected chi connectivity index (χ3v) is 5.85. The molecule has 8 heteroatoms. The summed E-state index contributed by atoms with van der Waals surface area (Å²) in [6, 6.07) is -0.0852. The van der Waals surface area contributed by atoms with Gasteiger partial charge < -0.3 is 15.0 Å². The van der Waals surface area contributed by atoms with E-state index in [2.05, 4.69) is 19.9 Å². The predicted octanol–water partition coefficient (Wildman–Crippen LogP) is 0.392. The van der Waals surface area contributed by atoms with Crippen LogP contribution in [-0.2, 0) is 14.8 Å². The normalized spacial score (nSPS) is 25.7. The first kappa shape index (κ1) is 18.5. The summed E-state index contributed by atoms with van der Waals surface area (Å²) in [5, 5.41) is 3.28. The molecule has 0 radical (unpaired) electrons. The molecule has 134 valence electrons. The minimum Gasteiger partial charge on any atom is -0.381 e. The fourth-order valence-corrected chi connectivity index (χ4v) is 4.37. The molecule has 0 aromatic heterocycles. The van der Waals surface area contributed by atoms with Crippen molar-refractivity contribution < 1.29 is 13.2 Å². The number of guanidine groups is 1. The van der Waals surface area contributed by atoms with E-state index in [1.807, 2.05) is 20.8 Å². The topological polar surface area (TPSA) is 83.0 Å². The van der Waals surface area contributed by atoms with Crippen LogP contribution in [0.3, 0.4) is 0 Å². The lowest BCUT2D eigenvalue weighted by molar-refractivity contribution is 0.156. The van der Waals surface area contributed by atoms with Gasteiger partial charge in [0.05, 0.1) is 18.9 Å². The lowest BCUT2D eigenvalue weighted by Gasteiger charge is -2.25. The standard InChI is InChI=1S/C15H30N4O3S/c1-4-16-14(17-7-10-23(20,21)18-13(2)3)19-8-5-15(11-19)6-9-22-12-15/h13,18H,4-12H2,1-3H3,(H,16,17). The number of likely N-dealkylation sites (tertiary alicyclic amines) is 1. The van der Waals surface area contributed by atoms with Gasteiger partial charge in [0, 0.05) is 37.7 Å². The molecule has 1 unspecified atom stereocenters. The van der Waals surface area contributed by atoms with E-state index in [9.17, 15) is 8.42 Å². The van der Waals surface area contributed by atoms with Crippen LogP contribution >= 0.6 is 0 Å². The van der Waals surface area contributed by atoms with Gasteiger partial charge in [0.2, 0.25) is 10.0 Å². The summed E-state index contributed by atoms with van der Waals surface area (Å²) in [4.78, 5) is 6.75. The lowest BCUT2D eigenvalue weighted by atomic mass is 9.87. The van der Waals surface area contributed by atoms with Crippen molar-refractivity contribution in [3.63, 3.8) is 0 Å². The van der Waals surface area contributed by atoms with Gasteiger partial charge in [-0.15, -0.1) is 0 Å². The summed E-state index contributed by atoms with van der Waals surface area (Å²) in [6.07, 6.45) is 2.22. The molecule has 2 fully saturated rings. The molecule has 2 aliphatic heterocycles. The van der Waals surface area contributed by atoms with Crippen LogP contribution in [0.4, 0.5) is 0 Å². The Hall–Kier alpha value is -0.860. The summed E-state index contributed by atoms with van der Waals surface area (Å²) < 4.78 is 31.9. The molecule has 0 saturated carbocycles. The molecule has 0 amide bonds. The number of nitrogens with one attached hydrogen (secondary N) is 2. The number of sulfonamides is 1. The Morgan fingerprint density at radius 2 is 2.17 bits per heavy atom. The molecule has 2 rings (SSSR count). The highest BCUT2D eigenvalue weighted by atomic mass is 32.2. The van der Waals surface area contributed by atoms with Crippen molar-refractivity contribution in [1.82, 2.24) is 14.9 Å². The third-order valence-electron chi connectivity index (χ3n) is 4.29. The van der Waals surface area contributed by atoms with E-state index in [-0.39, 0.29) is 23.8 Å². The summed E-state index contributed by atoms with van der Waals surface area (Å²) in [5.74, 6) is 0.832. The molecule has 2 heterocycles. The van der Waals surface area contributed by atoms with E-state index in [4.69, 9.17) is 4.74 Å². The number of hydrogen-bond acceptors (Lipinski definition) is 4. The van der Waals surface area contributed by atoms with Crippen molar-refractivity contribution in [3.05, 3.63) is 0 Å². The molecule has 0 aliphatic carbocycles. The molecular formula is C15H30N4O3S. The van der Waals surface area contributed by atoms with Gasteiger partial charge in [0.1, 0.15) is 0 Å². The highest BCUT2D eigenvalue weighted by Gasteiger charge is 2.42. The van der Waals surface area contributed by atoms with E-state index < -0.39 is 10.0 Å². The Balaban J connectivity index is 1.93. The van der Waals surface area contributed by atoms with E-state index >= 15 is 0 Å². The smallest absolute Gasteiger partial charge is 0.213 e. The Bertz CT molecular complexity index is 513. The number of ether oxygens (including phenoxy) is 1. The molecule has 7 nitrogen and oxygen atoms in total. The van der Waals surface area contributed by atoms with Gasteiger partial charge in [-0.1, -0.05) is 0 Å². The zero-order valence-electron chi connectivity index (χ0n) is 14.5. The van der Waals surface area contributed by atoms with Crippen LogP contribution in [0, 0.1) is 5.41 Å². The molecular weight excluding hydrogens is 316 g/mol. The molecule has 0 aromatic rings. The van der Waals surface area contributed by atoms with Gasteiger partial charge in [-0.2, -0.15) is 0 Å². The van der Waals surface area contributed by atoms with E-state index in [1.165, 1.54) is 0 Å².